The van der Waals surface area contributed by atoms with Crippen LogP contribution in [0, 0.1) is 10.1 Å². The Morgan fingerprint density at radius 1 is 1.00 bits per heavy atom. The van der Waals surface area contributed by atoms with Crippen LogP contribution in [-0.2, 0) is 11.4 Å². The van der Waals surface area contributed by atoms with Crippen LogP contribution < -0.4 is 10.1 Å². The van der Waals surface area contributed by atoms with E-state index in [4.69, 9.17) is 4.74 Å². The first-order chi connectivity index (χ1) is 13.6. The molecule has 0 bridgehead atoms. The van der Waals surface area contributed by atoms with E-state index in [1.165, 1.54) is 18.2 Å². The van der Waals surface area contributed by atoms with Crippen molar-refractivity contribution < 1.29 is 14.5 Å². The van der Waals surface area contributed by atoms with Gasteiger partial charge in [-0.3, -0.25) is 14.9 Å². The lowest BCUT2D eigenvalue weighted by Gasteiger charge is -2.06. The highest BCUT2D eigenvalue weighted by Crippen LogP contribution is 2.29. The van der Waals surface area contributed by atoms with Gasteiger partial charge in [-0.05, 0) is 35.9 Å². The molecule has 0 atom stereocenters. The largest absolute Gasteiger partial charge is 0.489 e. The van der Waals surface area contributed by atoms with E-state index < -0.39 is 4.92 Å². The van der Waals surface area contributed by atoms with E-state index in [9.17, 15) is 14.9 Å². The number of nitrogens with zero attached hydrogens (tertiary/aromatic N) is 2. The summed E-state index contributed by atoms with van der Waals surface area (Å²) in [7, 11) is 0. The molecular weight excluding hydrogens is 358 g/mol. The number of nitrogens with one attached hydrogen (secondary N) is 1. The lowest BCUT2D eigenvalue weighted by atomic mass is 10.1. The van der Waals surface area contributed by atoms with Crippen molar-refractivity contribution in [2.75, 3.05) is 5.32 Å². The second-order valence-electron chi connectivity index (χ2n) is 6.17. The zero-order chi connectivity index (χ0) is 19.5. The molecule has 3 aromatic carbocycles. The molecule has 0 spiro atoms. The van der Waals surface area contributed by atoms with Crippen molar-refractivity contribution in [2.24, 2.45) is 4.99 Å². The van der Waals surface area contributed by atoms with Crippen LogP contribution in [0.2, 0.25) is 0 Å². The first-order valence-corrected chi connectivity index (χ1v) is 8.56. The molecular formula is C21H15N3O4. The smallest absolute Gasteiger partial charge is 0.275 e. The van der Waals surface area contributed by atoms with E-state index >= 15 is 0 Å². The minimum Gasteiger partial charge on any atom is -0.489 e. The van der Waals surface area contributed by atoms with Crippen molar-refractivity contribution in [1.82, 2.24) is 0 Å². The number of nitro benzene ring substituents is 1. The first-order valence-electron chi connectivity index (χ1n) is 8.56. The standard InChI is InChI=1S/C21H15N3O4/c25-21-20(18-12-16(24(26)27)8-11-19(18)23-21)22-15-6-9-17(10-7-15)28-13-14-4-2-1-3-5-14/h1-12H,13H2,(H,22,23,25). The summed E-state index contributed by atoms with van der Waals surface area (Å²) >= 11 is 0. The van der Waals surface area contributed by atoms with Crippen LogP contribution in [0.4, 0.5) is 17.1 Å². The van der Waals surface area contributed by atoms with Crippen molar-refractivity contribution in [3.63, 3.8) is 0 Å². The Morgan fingerprint density at radius 3 is 2.46 bits per heavy atom. The molecule has 0 unspecified atom stereocenters. The molecule has 4 rings (SSSR count). The number of fused-ring (bicyclic) bond motifs is 1. The van der Waals surface area contributed by atoms with Crippen molar-refractivity contribution in [3.05, 3.63) is 94.0 Å². The summed E-state index contributed by atoms with van der Waals surface area (Å²) in [5.74, 6) is 0.291. The van der Waals surface area contributed by atoms with Gasteiger partial charge in [0.05, 0.1) is 16.3 Å². The predicted molar refractivity (Wildman–Crippen MR) is 105 cm³/mol. The van der Waals surface area contributed by atoms with Gasteiger partial charge in [0.2, 0.25) is 0 Å². The maximum atomic E-state index is 12.2. The molecule has 1 N–H and O–H groups in total. The number of hydrogen-bond donors (Lipinski definition) is 1. The lowest BCUT2D eigenvalue weighted by Crippen LogP contribution is -2.13. The van der Waals surface area contributed by atoms with Gasteiger partial charge in [-0.2, -0.15) is 0 Å². The van der Waals surface area contributed by atoms with Crippen LogP contribution in [0.1, 0.15) is 11.1 Å². The van der Waals surface area contributed by atoms with Gasteiger partial charge in [-0.25, -0.2) is 4.99 Å². The summed E-state index contributed by atoms with van der Waals surface area (Å²) in [4.78, 5) is 27.1. The number of carbonyl (C=O) groups excluding carboxylic acids is 1. The van der Waals surface area contributed by atoms with Gasteiger partial charge < -0.3 is 10.1 Å². The molecule has 0 radical (unpaired) electrons. The van der Waals surface area contributed by atoms with Gasteiger partial charge in [0.15, 0.2) is 0 Å². The summed E-state index contributed by atoms with van der Waals surface area (Å²) < 4.78 is 5.73. The summed E-state index contributed by atoms with van der Waals surface area (Å²) in [5, 5.41) is 13.7. The molecule has 1 aliphatic rings. The number of amides is 1. The van der Waals surface area contributed by atoms with Crippen molar-refractivity contribution >= 4 is 28.7 Å². The van der Waals surface area contributed by atoms with E-state index in [2.05, 4.69) is 10.3 Å². The molecule has 0 fully saturated rings. The maximum Gasteiger partial charge on any atom is 0.275 e. The zero-order valence-electron chi connectivity index (χ0n) is 14.7. The predicted octanol–water partition coefficient (Wildman–Crippen LogP) is 4.25. The normalized spacial score (nSPS) is 13.9. The highest BCUT2D eigenvalue weighted by Gasteiger charge is 2.28. The molecule has 138 valence electrons. The van der Waals surface area contributed by atoms with Gasteiger partial charge in [-0.15, -0.1) is 0 Å². The monoisotopic (exact) mass is 373 g/mol. The molecule has 1 heterocycles. The zero-order valence-corrected chi connectivity index (χ0v) is 14.7. The van der Waals surface area contributed by atoms with E-state index in [-0.39, 0.29) is 17.3 Å². The number of non-ortho nitro benzene ring substituents is 1. The molecule has 3 aromatic rings. The maximum absolute atomic E-state index is 12.2. The number of anilines is 1. The topological polar surface area (TPSA) is 93.8 Å². The number of nitro groups is 1. The van der Waals surface area contributed by atoms with Crippen molar-refractivity contribution in [1.29, 1.82) is 0 Å². The Balaban J connectivity index is 1.54. The van der Waals surface area contributed by atoms with Crippen LogP contribution in [0.15, 0.2) is 77.8 Å². The van der Waals surface area contributed by atoms with Crippen molar-refractivity contribution in [2.45, 2.75) is 6.61 Å². The fraction of sp³-hybridized carbons (Fsp3) is 0.0476. The van der Waals surface area contributed by atoms with Crippen LogP contribution in [0.25, 0.3) is 0 Å². The van der Waals surface area contributed by atoms with Crippen molar-refractivity contribution in [3.8, 4) is 5.75 Å². The SMILES string of the molecule is O=C1Nc2ccc([N+](=O)[O-])cc2C1=Nc1ccc(OCc2ccccc2)cc1. The highest BCUT2D eigenvalue weighted by atomic mass is 16.6. The molecule has 1 amide bonds. The van der Waals surface area contributed by atoms with Crippen LogP contribution in [0.3, 0.4) is 0 Å². The number of carbonyl (C=O) groups is 1. The lowest BCUT2D eigenvalue weighted by molar-refractivity contribution is -0.384. The average Bonchev–Trinajstić information content (AvgIpc) is 3.02. The van der Waals surface area contributed by atoms with E-state index in [0.717, 1.165) is 5.56 Å². The van der Waals surface area contributed by atoms with E-state index in [1.807, 2.05) is 30.3 Å². The Hall–Kier alpha value is -4.00. The summed E-state index contributed by atoms with van der Waals surface area (Å²) in [6.45, 7) is 0.453. The Labute approximate surface area is 160 Å². The molecule has 0 saturated heterocycles. The third kappa shape index (κ3) is 3.59. The minimum absolute atomic E-state index is 0.0902. The molecule has 7 heteroatoms. The van der Waals surface area contributed by atoms with Gasteiger partial charge in [0.25, 0.3) is 11.6 Å². The quantitative estimate of drug-likeness (QED) is 0.534. The number of hydrogen-bond acceptors (Lipinski definition) is 5. The number of benzene rings is 3. The van der Waals surface area contributed by atoms with E-state index in [1.54, 1.807) is 24.3 Å². The van der Waals surface area contributed by atoms with Crippen LogP contribution in [0.5, 0.6) is 5.75 Å². The fourth-order valence-corrected chi connectivity index (χ4v) is 2.85. The number of rotatable bonds is 5. The highest BCUT2D eigenvalue weighted by molar-refractivity contribution is 6.54. The second-order valence-corrected chi connectivity index (χ2v) is 6.17. The van der Waals surface area contributed by atoms with Crippen LogP contribution >= 0.6 is 0 Å². The third-order valence-electron chi connectivity index (χ3n) is 4.26. The minimum atomic E-state index is -0.500. The fourth-order valence-electron chi connectivity index (χ4n) is 2.85. The molecule has 0 aliphatic carbocycles. The summed E-state index contributed by atoms with van der Waals surface area (Å²) in [5.41, 5.74) is 2.61. The second kappa shape index (κ2) is 7.32. The Morgan fingerprint density at radius 2 is 1.75 bits per heavy atom. The van der Waals surface area contributed by atoms with Gasteiger partial charge in [0.1, 0.15) is 18.1 Å². The van der Waals surface area contributed by atoms with Gasteiger partial charge in [-0.1, -0.05) is 30.3 Å². The molecule has 28 heavy (non-hydrogen) atoms. The Bertz CT molecular complexity index is 1080. The van der Waals surface area contributed by atoms with Gasteiger partial charge in [0, 0.05) is 17.7 Å². The number of aliphatic imine (C=N–C) groups is 1. The van der Waals surface area contributed by atoms with E-state index in [0.29, 0.717) is 29.3 Å². The molecule has 1 aliphatic heterocycles. The third-order valence-corrected chi connectivity index (χ3v) is 4.26. The molecule has 0 saturated carbocycles. The summed E-state index contributed by atoms with van der Waals surface area (Å²) in [6.07, 6.45) is 0. The Kier molecular flexibility index (Phi) is 4.55. The van der Waals surface area contributed by atoms with Crippen LogP contribution in [-0.4, -0.2) is 16.5 Å². The van der Waals surface area contributed by atoms with Gasteiger partial charge >= 0.3 is 0 Å². The summed E-state index contributed by atoms with van der Waals surface area (Å²) in [6, 6.07) is 21.0. The molecule has 7 nitrogen and oxygen atoms in total. The number of ether oxygens (including phenoxy) is 1. The average molecular weight is 373 g/mol. The molecule has 0 aromatic heterocycles. The first kappa shape index (κ1) is 17.4.